The molecule has 0 aliphatic carbocycles. The van der Waals surface area contributed by atoms with Gasteiger partial charge in [0.25, 0.3) is 0 Å². The molecule has 2 aromatic rings. The van der Waals surface area contributed by atoms with Gasteiger partial charge in [0.15, 0.2) is 5.96 Å². The average molecular weight is 525 g/mol. The summed E-state index contributed by atoms with van der Waals surface area (Å²) in [6.45, 7) is 1.74. The van der Waals surface area contributed by atoms with Crippen LogP contribution in [0.5, 0.6) is 0 Å². The van der Waals surface area contributed by atoms with E-state index in [4.69, 9.17) is 16.6 Å². The van der Waals surface area contributed by atoms with Crippen LogP contribution in [-0.2, 0) is 25.6 Å². The number of carbonyl (C=O) groups excluding carboxylic acids is 3. The van der Waals surface area contributed by atoms with E-state index in [1.54, 1.807) is 0 Å². The van der Waals surface area contributed by atoms with Crippen LogP contribution in [0.15, 0.2) is 59.6 Å². The number of carboxylic acids is 1. The molecule has 0 spiro atoms. The van der Waals surface area contributed by atoms with Gasteiger partial charge in [-0.25, -0.2) is 0 Å². The van der Waals surface area contributed by atoms with Gasteiger partial charge in [-0.1, -0.05) is 54.6 Å². The Morgan fingerprint density at radius 2 is 1.53 bits per heavy atom. The van der Waals surface area contributed by atoms with Crippen molar-refractivity contribution in [3.05, 3.63) is 60.2 Å². The molecular weight excluding hydrogens is 488 g/mol. The van der Waals surface area contributed by atoms with Crippen molar-refractivity contribution in [2.45, 2.75) is 51.1 Å². The monoisotopic (exact) mass is 524 g/mol. The van der Waals surface area contributed by atoms with E-state index in [0.717, 1.165) is 16.7 Å². The molecule has 2 rings (SSSR count). The number of aliphatic carboxylic acids is 1. The van der Waals surface area contributed by atoms with E-state index in [1.165, 1.54) is 6.92 Å². The van der Waals surface area contributed by atoms with Crippen LogP contribution >= 0.6 is 0 Å². The summed E-state index contributed by atoms with van der Waals surface area (Å²) in [5.74, 6) is -2.38. The van der Waals surface area contributed by atoms with Crippen LogP contribution in [0.25, 0.3) is 11.1 Å². The lowest BCUT2D eigenvalue weighted by molar-refractivity contribution is -0.137. The number of carboxylic acid groups (broad SMARTS) is 1. The van der Waals surface area contributed by atoms with E-state index in [1.807, 2.05) is 54.6 Å². The zero-order valence-corrected chi connectivity index (χ0v) is 21.5. The highest BCUT2D eigenvalue weighted by Gasteiger charge is 2.26. The van der Waals surface area contributed by atoms with Crippen LogP contribution in [0.1, 0.15) is 38.2 Å². The Morgan fingerprint density at radius 3 is 2.13 bits per heavy atom. The molecule has 11 heteroatoms. The molecule has 0 unspecified atom stereocenters. The number of amides is 3. The minimum Gasteiger partial charge on any atom is -0.481 e. The van der Waals surface area contributed by atoms with Gasteiger partial charge in [-0.3, -0.25) is 24.2 Å². The summed E-state index contributed by atoms with van der Waals surface area (Å²) in [5.41, 5.74) is 13.6. The van der Waals surface area contributed by atoms with Gasteiger partial charge < -0.3 is 32.5 Å². The maximum atomic E-state index is 13.1. The highest BCUT2D eigenvalue weighted by molar-refractivity contribution is 5.92. The smallest absolute Gasteiger partial charge is 0.303 e. The summed E-state index contributed by atoms with van der Waals surface area (Å²) in [7, 11) is 0. The molecule has 38 heavy (non-hydrogen) atoms. The molecule has 0 aliphatic heterocycles. The van der Waals surface area contributed by atoms with Gasteiger partial charge in [-0.15, -0.1) is 0 Å². The Morgan fingerprint density at radius 1 is 0.868 bits per heavy atom. The molecule has 0 radical (unpaired) electrons. The Bertz CT molecular complexity index is 1100. The van der Waals surface area contributed by atoms with Crippen LogP contribution in [0, 0.1) is 0 Å². The molecular formula is C27H36N6O5. The van der Waals surface area contributed by atoms with Crippen LogP contribution in [0.2, 0.25) is 0 Å². The van der Waals surface area contributed by atoms with Crippen molar-refractivity contribution in [2.24, 2.45) is 16.5 Å². The summed E-state index contributed by atoms with van der Waals surface area (Å²) in [4.78, 5) is 52.5. The van der Waals surface area contributed by atoms with Crippen molar-refractivity contribution in [1.82, 2.24) is 16.0 Å². The first kappa shape index (κ1) is 29.8. The number of benzene rings is 2. The van der Waals surface area contributed by atoms with Crippen molar-refractivity contribution in [3.63, 3.8) is 0 Å². The molecule has 0 saturated carbocycles. The highest BCUT2D eigenvalue weighted by Crippen LogP contribution is 2.20. The Hall–Kier alpha value is -4.41. The third-order valence-electron chi connectivity index (χ3n) is 5.64. The van der Waals surface area contributed by atoms with Gasteiger partial charge in [0, 0.05) is 32.9 Å². The van der Waals surface area contributed by atoms with Gasteiger partial charge >= 0.3 is 5.97 Å². The third-order valence-corrected chi connectivity index (χ3v) is 5.64. The van der Waals surface area contributed by atoms with E-state index in [-0.39, 0.29) is 44.7 Å². The summed E-state index contributed by atoms with van der Waals surface area (Å²) >= 11 is 0. The van der Waals surface area contributed by atoms with E-state index < -0.39 is 35.8 Å². The minimum absolute atomic E-state index is 0.0663. The number of rotatable bonds is 15. The van der Waals surface area contributed by atoms with E-state index in [2.05, 4.69) is 20.9 Å². The summed E-state index contributed by atoms with van der Waals surface area (Å²) in [5, 5.41) is 16.9. The van der Waals surface area contributed by atoms with Crippen LogP contribution in [-0.4, -0.2) is 59.9 Å². The Labute approximate surface area is 222 Å². The first-order valence-corrected chi connectivity index (χ1v) is 12.4. The molecule has 0 saturated heterocycles. The van der Waals surface area contributed by atoms with Gasteiger partial charge in [-0.05, 0) is 36.0 Å². The van der Waals surface area contributed by atoms with Crippen molar-refractivity contribution in [2.75, 3.05) is 13.1 Å². The summed E-state index contributed by atoms with van der Waals surface area (Å²) in [6, 6.07) is 15.7. The molecule has 2 aromatic carbocycles. The number of aliphatic imine (C=N–C) groups is 1. The lowest BCUT2D eigenvalue weighted by Gasteiger charge is -2.23. The minimum atomic E-state index is -0.957. The van der Waals surface area contributed by atoms with Crippen molar-refractivity contribution in [1.29, 1.82) is 0 Å². The SMILES string of the molecule is CC(=O)N[C@H](CCCN=C(N)N)C(=O)N[C@H](Cc1ccc(-c2ccccc2)cc1)C(=O)NCCCC(=O)O. The molecule has 204 valence electrons. The molecule has 8 N–H and O–H groups in total. The molecule has 2 atom stereocenters. The highest BCUT2D eigenvalue weighted by atomic mass is 16.4. The number of carbonyl (C=O) groups is 4. The molecule has 0 aromatic heterocycles. The lowest BCUT2D eigenvalue weighted by atomic mass is 10.00. The van der Waals surface area contributed by atoms with Crippen LogP contribution < -0.4 is 27.4 Å². The number of nitrogens with zero attached hydrogens (tertiary/aromatic N) is 1. The van der Waals surface area contributed by atoms with Crippen molar-refractivity contribution in [3.8, 4) is 11.1 Å². The van der Waals surface area contributed by atoms with Crippen LogP contribution in [0.3, 0.4) is 0 Å². The van der Waals surface area contributed by atoms with Gasteiger partial charge in [0.05, 0.1) is 0 Å². The second-order valence-corrected chi connectivity index (χ2v) is 8.82. The predicted molar refractivity (Wildman–Crippen MR) is 145 cm³/mol. The number of hydrogen-bond donors (Lipinski definition) is 6. The van der Waals surface area contributed by atoms with Crippen molar-refractivity contribution >= 4 is 29.7 Å². The topological polar surface area (TPSA) is 189 Å². The molecule has 0 aliphatic rings. The Balaban J connectivity index is 2.14. The maximum absolute atomic E-state index is 13.1. The summed E-state index contributed by atoms with van der Waals surface area (Å²) < 4.78 is 0. The largest absolute Gasteiger partial charge is 0.481 e. The van der Waals surface area contributed by atoms with E-state index >= 15 is 0 Å². The maximum Gasteiger partial charge on any atom is 0.303 e. The molecule has 3 amide bonds. The predicted octanol–water partition coefficient (Wildman–Crippen LogP) is 0.920. The number of guanidine groups is 1. The first-order valence-electron chi connectivity index (χ1n) is 12.4. The van der Waals surface area contributed by atoms with Gasteiger partial charge in [0.1, 0.15) is 12.1 Å². The zero-order chi connectivity index (χ0) is 27.9. The third kappa shape index (κ3) is 11.1. The number of nitrogens with two attached hydrogens (primary N) is 2. The number of nitrogens with one attached hydrogen (secondary N) is 3. The van der Waals surface area contributed by atoms with Crippen molar-refractivity contribution < 1.29 is 24.3 Å². The molecule has 11 nitrogen and oxygen atoms in total. The standard InChI is InChI=1S/C27H36N6O5/c1-18(34)32-22(9-5-16-31-27(28)29)26(38)33-23(25(37)30-15-6-10-24(35)36)17-19-11-13-21(14-12-19)20-7-3-2-4-8-20/h2-4,7-8,11-14,22-23H,5-6,9-10,15-17H2,1H3,(H,30,37)(H,32,34)(H,33,38)(H,35,36)(H4,28,29,31)/t22-,23-/m1/s1. The average Bonchev–Trinajstić information content (AvgIpc) is 2.88. The quantitative estimate of drug-likeness (QED) is 0.113. The fraction of sp³-hybridized carbons (Fsp3) is 0.370. The number of hydrogen-bond acceptors (Lipinski definition) is 5. The lowest BCUT2D eigenvalue weighted by Crippen LogP contribution is -2.54. The first-order chi connectivity index (χ1) is 18.2. The van der Waals surface area contributed by atoms with Gasteiger partial charge in [0.2, 0.25) is 17.7 Å². The van der Waals surface area contributed by atoms with E-state index in [0.29, 0.717) is 6.42 Å². The second kappa shape index (κ2) is 15.6. The zero-order valence-electron chi connectivity index (χ0n) is 21.5. The normalized spacial score (nSPS) is 12.0. The fourth-order valence-electron chi connectivity index (χ4n) is 3.77. The Kier molecular flexibility index (Phi) is 12.3. The van der Waals surface area contributed by atoms with E-state index in [9.17, 15) is 19.2 Å². The summed E-state index contributed by atoms with van der Waals surface area (Å²) in [6.07, 6.45) is 1.07. The fourth-order valence-corrected chi connectivity index (χ4v) is 3.77. The molecule has 0 heterocycles. The second-order valence-electron chi connectivity index (χ2n) is 8.82. The van der Waals surface area contributed by atoms with Gasteiger partial charge in [-0.2, -0.15) is 0 Å². The molecule has 0 fully saturated rings. The molecule has 0 bridgehead atoms. The van der Waals surface area contributed by atoms with Crippen LogP contribution in [0.4, 0.5) is 0 Å².